The molecule has 0 radical (unpaired) electrons. The highest BCUT2D eigenvalue weighted by atomic mass is 16.5. The van der Waals surface area contributed by atoms with Gasteiger partial charge >= 0.3 is 0 Å². The lowest BCUT2D eigenvalue weighted by molar-refractivity contribution is 0.0937. The lowest BCUT2D eigenvalue weighted by Gasteiger charge is -2.19. The van der Waals surface area contributed by atoms with E-state index in [0.717, 1.165) is 43.7 Å². The molecule has 2 aromatic rings. The number of nitrogens with zero attached hydrogens (tertiary/aromatic N) is 1. The maximum atomic E-state index is 12.5. The molecule has 3 rings (SSSR count). The normalized spacial score (nSPS) is 15.7. The van der Waals surface area contributed by atoms with Gasteiger partial charge in [-0.15, -0.1) is 0 Å². The molecule has 0 fully saturated rings. The summed E-state index contributed by atoms with van der Waals surface area (Å²) in [6.45, 7) is 3.76. The zero-order valence-electron chi connectivity index (χ0n) is 17.6. The van der Waals surface area contributed by atoms with Gasteiger partial charge in [0.25, 0.3) is 5.91 Å². The Morgan fingerprint density at radius 3 is 2.86 bits per heavy atom. The maximum absolute atomic E-state index is 12.5. The smallest absolute Gasteiger partial charge is 0.251 e. The van der Waals surface area contributed by atoms with Gasteiger partial charge in [0.2, 0.25) is 0 Å². The Bertz CT molecular complexity index is 806. The predicted octanol–water partition coefficient (Wildman–Crippen LogP) is 3.65. The third-order valence-electron chi connectivity index (χ3n) is 5.19. The average Bonchev–Trinajstić information content (AvgIpc) is 2.71. The monoisotopic (exact) mass is 396 g/mol. The lowest BCUT2D eigenvalue weighted by atomic mass is 9.99. The van der Waals surface area contributed by atoms with Crippen molar-refractivity contribution < 1.29 is 14.3 Å². The first-order valence-electron chi connectivity index (χ1n) is 10.4. The quantitative estimate of drug-likeness (QED) is 0.802. The molecule has 0 aliphatic carbocycles. The van der Waals surface area contributed by atoms with Gasteiger partial charge in [0.05, 0.1) is 13.2 Å². The molecule has 156 valence electrons. The van der Waals surface area contributed by atoms with Crippen molar-refractivity contribution in [1.29, 1.82) is 0 Å². The maximum Gasteiger partial charge on any atom is 0.251 e. The number of carbonyl (C=O) groups excluding carboxylic acids is 1. The Labute approximate surface area is 174 Å². The lowest BCUT2D eigenvalue weighted by Crippen LogP contribution is -2.27. The van der Waals surface area contributed by atoms with E-state index in [9.17, 15) is 4.79 Å². The van der Waals surface area contributed by atoms with Crippen molar-refractivity contribution >= 4 is 5.91 Å². The van der Waals surface area contributed by atoms with Gasteiger partial charge in [-0.25, -0.2) is 0 Å². The van der Waals surface area contributed by atoms with E-state index in [-0.39, 0.29) is 5.91 Å². The van der Waals surface area contributed by atoms with E-state index in [4.69, 9.17) is 9.47 Å². The van der Waals surface area contributed by atoms with Gasteiger partial charge in [0.15, 0.2) is 0 Å². The minimum absolute atomic E-state index is 0.0837. The molecule has 0 saturated carbocycles. The van der Waals surface area contributed by atoms with Gasteiger partial charge in [-0.3, -0.25) is 4.79 Å². The summed E-state index contributed by atoms with van der Waals surface area (Å²) in [5.74, 6) is 0.789. The van der Waals surface area contributed by atoms with Gasteiger partial charge in [-0.2, -0.15) is 0 Å². The molecule has 5 heteroatoms. The molecule has 0 spiro atoms. The van der Waals surface area contributed by atoms with Crippen LogP contribution in [-0.4, -0.2) is 51.3 Å². The van der Waals surface area contributed by atoms with Gasteiger partial charge in [-0.05, 0) is 67.7 Å². The number of carbonyl (C=O) groups is 1. The fourth-order valence-electron chi connectivity index (χ4n) is 3.66. The summed E-state index contributed by atoms with van der Waals surface area (Å²) in [5.41, 5.74) is 4.25. The molecule has 2 aromatic carbocycles. The van der Waals surface area contributed by atoms with Gasteiger partial charge in [0, 0.05) is 32.2 Å². The first kappa shape index (κ1) is 21.3. The van der Waals surface area contributed by atoms with Crippen molar-refractivity contribution in [1.82, 2.24) is 10.2 Å². The molecule has 0 unspecified atom stereocenters. The van der Waals surface area contributed by atoms with Crippen molar-refractivity contribution in [3.05, 3.63) is 64.7 Å². The molecular weight excluding hydrogens is 364 g/mol. The second kappa shape index (κ2) is 11.0. The molecular formula is C24H32N2O3. The second-order valence-electron chi connectivity index (χ2n) is 7.71. The van der Waals surface area contributed by atoms with Crippen molar-refractivity contribution in [2.24, 2.45) is 0 Å². The number of nitrogens with one attached hydrogen (secondary N) is 1. The molecule has 1 N–H and O–H groups in total. The largest absolute Gasteiger partial charge is 0.493 e. The number of amides is 1. The number of ether oxygens (including phenoxy) is 2. The van der Waals surface area contributed by atoms with Crippen LogP contribution >= 0.6 is 0 Å². The summed E-state index contributed by atoms with van der Waals surface area (Å²) >= 11 is 0. The number of hydrogen-bond acceptors (Lipinski definition) is 4. The van der Waals surface area contributed by atoms with Crippen LogP contribution in [0, 0.1) is 0 Å². The van der Waals surface area contributed by atoms with Crippen LogP contribution in [0.25, 0.3) is 0 Å². The van der Waals surface area contributed by atoms with Crippen molar-refractivity contribution in [2.75, 3.05) is 40.5 Å². The molecule has 1 amide bonds. The summed E-state index contributed by atoms with van der Waals surface area (Å²) in [6, 6.07) is 14.4. The fourth-order valence-corrected chi connectivity index (χ4v) is 3.66. The van der Waals surface area contributed by atoms with E-state index in [1.807, 2.05) is 18.2 Å². The Balaban J connectivity index is 1.85. The predicted molar refractivity (Wildman–Crippen MR) is 116 cm³/mol. The van der Waals surface area contributed by atoms with E-state index in [2.05, 4.69) is 41.5 Å². The van der Waals surface area contributed by atoms with Gasteiger partial charge in [-0.1, -0.05) is 24.3 Å². The van der Waals surface area contributed by atoms with E-state index in [1.165, 1.54) is 17.5 Å². The second-order valence-corrected chi connectivity index (χ2v) is 7.71. The zero-order chi connectivity index (χ0) is 20.5. The van der Waals surface area contributed by atoms with Crippen molar-refractivity contribution in [2.45, 2.75) is 32.2 Å². The van der Waals surface area contributed by atoms with Crippen LogP contribution in [0.5, 0.6) is 5.75 Å². The number of methoxy groups -OCH3 is 1. The average molecular weight is 397 g/mol. The standard InChI is InChI=1S/C24H32N2O3/c1-26-12-4-3-5-13-29-23-10-9-21(24(27)25-11-14-28-2)17-22(23)16-19-7-6-8-20(15-19)18-26/h6-10,15,17H,3-5,11-14,16,18H2,1-2H3,(H,25,27). The van der Waals surface area contributed by atoms with Crippen LogP contribution in [-0.2, 0) is 17.7 Å². The van der Waals surface area contributed by atoms with Crippen LogP contribution in [0.2, 0.25) is 0 Å². The first-order valence-corrected chi connectivity index (χ1v) is 10.4. The highest BCUT2D eigenvalue weighted by Gasteiger charge is 2.12. The van der Waals surface area contributed by atoms with Crippen molar-refractivity contribution in [3.8, 4) is 5.75 Å². The zero-order valence-corrected chi connectivity index (χ0v) is 17.6. The third kappa shape index (κ3) is 6.58. The number of benzene rings is 2. The molecule has 5 nitrogen and oxygen atoms in total. The number of rotatable bonds is 4. The topological polar surface area (TPSA) is 50.8 Å². The third-order valence-corrected chi connectivity index (χ3v) is 5.19. The van der Waals surface area contributed by atoms with Gasteiger partial charge < -0.3 is 19.7 Å². The summed E-state index contributed by atoms with van der Waals surface area (Å²) in [5, 5.41) is 2.89. The van der Waals surface area contributed by atoms with E-state index < -0.39 is 0 Å². The van der Waals surface area contributed by atoms with Crippen LogP contribution in [0.3, 0.4) is 0 Å². The van der Waals surface area contributed by atoms with Crippen molar-refractivity contribution in [3.63, 3.8) is 0 Å². The highest BCUT2D eigenvalue weighted by molar-refractivity contribution is 5.94. The first-order chi connectivity index (χ1) is 14.2. The molecule has 1 heterocycles. The Morgan fingerprint density at radius 2 is 2.00 bits per heavy atom. The Hall–Kier alpha value is -2.37. The van der Waals surface area contributed by atoms with Crippen LogP contribution in [0.4, 0.5) is 0 Å². The van der Waals surface area contributed by atoms with E-state index >= 15 is 0 Å². The van der Waals surface area contributed by atoms with E-state index in [0.29, 0.717) is 25.3 Å². The Kier molecular flexibility index (Phi) is 8.08. The summed E-state index contributed by atoms with van der Waals surface area (Å²) < 4.78 is 11.1. The Morgan fingerprint density at radius 1 is 1.14 bits per heavy atom. The van der Waals surface area contributed by atoms with Crippen LogP contribution < -0.4 is 10.1 Å². The number of hydrogen-bond donors (Lipinski definition) is 1. The minimum Gasteiger partial charge on any atom is -0.493 e. The minimum atomic E-state index is -0.0837. The van der Waals surface area contributed by atoms with Gasteiger partial charge in [0.1, 0.15) is 5.75 Å². The highest BCUT2D eigenvalue weighted by Crippen LogP contribution is 2.25. The molecule has 29 heavy (non-hydrogen) atoms. The molecule has 0 aromatic heterocycles. The van der Waals surface area contributed by atoms with Crippen LogP contribution in [0.15, 0.2) is 42.5 Å². The summed E-state index contributed by atoms with van der Waals surface area (Å²) in [6.07, 6.45) is 4.11. The summed E-state index contributed by atoms with van der Waals surface area (Å²) in [7, 11) is 3.81. The fraction of sp³-hybridized carbons (Fsp3) is 0.458. The molecule has 1 aliphatic heterocycles. The molecule has 2 bridgehead atoms. The summed E-state index contributed by atoms with van der Waals surface area (Å²) in [4.78, 5) is 14.8. The van der Waals surface area contributed by atoms with Crippen LogP contribution in [0.1, 0.15) is 46.3 Å². The number of fused-ring (bicyclic) bond motifs is 3. The SMILES string of the molecule is COCCNC(=O)c1ccc2c(c1)Cc1cccc(c1)CN(C)CCCCCO2. The molecule has 1 aliphatic rings. The van der Waals surface area contributed by atoms with E-state index in [1.54, 1.807) is 7.11 Å². The molecule has 0 saturated heterocycles. The molecule has 0 atom stereocenters.